The van der Waals surface area contributed by atoms with Gasteiger partial charge >= 0.3 is 6.09 Å². The monoisotopic (exact) mass is 576 g/mol. The summed E-state index contributed by atoms with van der Waals surface area (Å²) < 4.78 is 5.33. The smallest absolute Gasteiger partial charge is 0.408 e. The second-order valence-corrected chi connectivity index (χ2v) is 11.2. The van der Waals surface area contributed by atoms with Gasteiger partial charge in [-0.05, 0) is 57.1 Å². The first-order valence-electron chi connectivity index (χ1n) is 15.8. The molecule has 40 heavy (non-hydrogen) atoms. The molecule has 0 aromatic heterocycles. The van der Waals surface area contributed by atoms with E-state index in [4.69, 9.17) is 22.7 Å². The van der Waals surface area contributed by atoms with Crippen molar-refractivity contribution in [3.05, 3.63) is 35.9 Å². The number of hydrogen-bond acceptors (Lipinski definition) is 5. The topological polar surface area (TPSA) is 105 Å². The molecule has 0 aliphatic carbocycles. The number of carbonyl (C=O) groups excluding carboxylic acids is 2. The van der Waals surface area contributed by atoms with E-state index in [1.54, 1.807) is 0 Å². The van der Waals surface area contributed by atoms with Crippen molar-refractivity contribution in [2.45, 2.75) is 129 Å². The Kier molecular flexibility index (Phi) is 23.1. The van der Waals surface area contributed by atoms with E-state index in [0.29, 0.717) is 19.5 Å². The molecule has 1 atom stereocenters. The highest BCUT2D eigenvalue weighted by Gasteiger charge is 2.21. The van der Waals surface area contributed by atoms with Crippen LogP contribution in [0.3, 0.4) is 0 Å². The zero-order valence-electron chi connectivity index (χ0n) is 25.0. The Morgan fingerprint density at radius 3 is 2.05 bits per heavy atom. The molecule has 5 N–H and O–H groups in total. The van der Waals surface area contributed by atoms with Gasteiger partial charge in [-0.15, -0.1) is 0 Å². The molecule has 0 heterocycles. The summed E-state index contributed by atoms with van der Waals surface area (Å²) in [7, 11) is 0. The highest BCUT2D eigenvalue weighted by molar-refractivity contribution is 7.80. The van der Waals surface area contributed by atoms with Crippen molar-refractivity contribution >= 4 is 29.2 Å². The number of nitrogens with one attached hydrogen (secondary N) is 3. The Morgan fingerprint density at radius 1 is 0.800 bits per heavy atom. The first kappa shape index (κ1) is 35.8. The van der Waals surface area contributed by atoms with Gasteiger partial charge in [0.05, 0.1) is 4.99 Å². The van der Waals surface area contributed by atoms with E-state index < -0.39 is 12.1 Å². The van der Waals surface area contributed by atoms with Gasteiger partial charge < -0.3 is 26.4 Å². The molecule has 7 nitrogen and oxygen atoms in total. The van der Waals surface area contributed by atoms with Crippen LogP contribution in [0.25, 0.3) is 0 Å². The van der Waals surface area contributed by atoms with Gasteiger partial charge in [-0.25, -0.2) is 4.79 Å². The van der Waals surface area contributed by atoms with E-state index in [2.05, 4.69) is 22.9 Å². The molecule has 0 bridgehead atoms. The third-order valence-corrected chi connectivity index (χ3v) is 7.35. The molecule has 1 rings (SSSR count). The molecule has 8 heteroatoms. The third kappa shape index (κ3) is 20.7. The summed E-state index contributed by atoms with van der Waals surface area (Å²) in [6.07, 6.45) is 18.9. The molecule has 1 aromatic rings. The minimum absolute atomic E-state index is 0.165. The minimum atomic E-state index is -0.635. The average Bonchev–Trinajstić information content (AvgIpc) is 2.96. The van der Waals surface area contributed by atoms with Crippen LogP contribution >= 0.6 is 12.2 Å². The van der Waals surface area contributed by atoms with Crippen LogP contribution in [0.5, 0.6) is 0 Å². The zero-order chi connectivity index (χ0) is 29.1. The second kappa shape index (κ2) is 25.8. The summed E-state index contributed by atoms with van der Waals surface area (Å²) in [6.45, 7) is 4.35. The first-order chi connectivity index (χ1) is 19.6. The zero-order valence-corrected chi connectivity index (χ0v) is 25.8. The van der Waals surface area contributed by atoms with Crippen LogP contribution in [0, 0.1) is 0 Å². The predicted molar refractivity (Wildman–Crippen MR) is 170 cm³/mol. The number of thiocarbonyl (C=S) groups is 1. The highest BCUT2D eigenvalue weighted by Crippen LogP contribution is 2.12. The van der Waals surface area contributed by atoms with Crippen molar-refractivity contribution in [1.29, 1.82) is 0 Å². The summed E-state index contributed by atoms with van der Waals surface area (Å²) in [5, 5.41) is 9.01. The Labute approximate surface area is 249 Å². The summed E-state index contributed by atoms with van der Waals surface area (Å²) >= 11 is 5.50. The van der Waals surface area contributed by atoms with Gasteiger partial charge in [0.1, 0.15) is 12.6 Å². The number of ether oxygens (including phenoxy) is 1. The quantitative estimate of drug-likeness (QED) is 0.0743. The number of amides is 2. The first-order valence-corrected chi connectivity index (χ1v) is 16.2. The maximum Gasteiger partial charge on any atom is 0.408 e. The fraction of sp³-hybridized carbons (Fsp3) is 0.719. The molecule has 0 fully saturated rings. The third-order valence-electron chi connectivity index (χ3n) is 7.00. The van der Waals surface area contributed by atoms with Crippen molar-refractivity contribution in [2.24, 2.45) is 5.73 Å². The van der Waals surface area contributed by atoms with Crippen molar-refractivity contribution in [2.75, 3.05) is 19.6 Å². The van der Waals surface area contributed by atoms with Gasteiger partial charge in [0, 0.05) is 13.1 Å². The van der Waals surface area contributed by atoms with Crippen LogP contribution in [0.2, 0.25) is 0 Å². The molecule has 1 aromatic carbocycles. The summed E-state index contributed by atoms with van der Waals surface area (Å²) in [4.78, 5) is 26.0. The van der Waals surface area contributed by atoms with E-state index >= 15 is 0 Å². The van der Waals surface area contributed by atoms with Crippen LogP contribution in [-0.2, 0) is 16.1 Å². The van der Waals surface area contributed by atoms with Crippen LogP contribution in [-0.4, -0.2) is 42.7 Å². The number of alkyl carbamates (subject to hydrolysis) is 1. The average molecular weight is 577 g/mol. The molecule has 0 aliphatic rings. The number of rotatable bonds is 25. The highest BCUT2D eigenvalue weighted by atomic mass is 32.1. The van der Waals surface area contributed by atoms with Crippen LogP contribution in [0.15, 0.2) is 30.3 Å². The molecule has 0 saturated heterocycles. The van der Waals surface area contributed by atoms with Gasteiger partial charge in [-0.3, -0.25) is 4.79 Å². The minimum Gasteiger partial charge on any atom is -0.445 e. The van der Waals surface area contributed by atoms with Gasteiger partial charge in [0.15, 0.2) is 0 Å². The fourth-order valence-corrected chi connectivity index (χ4v) is 4.77. The molecule has 2 amide bonds. The number of nitrogens with two attached hydrogens (primary N) is 1. The summed E-state index contributed by atoms with van der Waals surface area (Å²) in [6, 6.07) is 8.85. The van der Waals surface area contributed by atoms with E-state index in [1.165, 1.54) is 64.2 Å². The van der Waals surface area contributed by atoms with Crippen molar-refractivity contribution in [3.63, 3.8) is 0 Å². The number of hydrogen-bond donors (Lipinski definition) is 4. The summed E-state index contributed by atoms with van der Waals surface area (Å²) in [5.74, 6) is -0.186. The van der Waals surface area contributed by atoms with Crippen LogP contribution in [0.4, 0.5) is 4.79 Å². The molecule has 228 valence electrons. The molecule has 0 saturated carbocycles. The van der Waals surface area contributed by atoms with Gasteiger partial charge in [-0.1, -0.05) is 114 Å². The van der Waals surface area contributed by atoms with E-state index in [0.717, 1.165) is 55.6 Å². The Hall–Kier alpha value is -2.19. The van der Waals surface area contributed by atoms with Crippen LogP contribution < -0.4 is 21.7 Å². The van der Waals surface area contributed by atoms with E-state index in [-0.39, 0.29) is 12.5 Å². The largest absolute Gasteiger partial charge is 0.445 e. The maximum absolute atomic E-state index is 12.7. The van der Waals surface area contributed by atoms with E-state index in [9.17, 15) is 9.59 Å². The SMILES string of the molecule is CCCCCCCCCCCCCC(=S)NCCCC[C@H](NC(=O)OCc1ccccc1)C(=O)NCCCCN. The van der Waals surface area contributed by atoms with Crippen molar-refractivity contribution in [1.82, 2.24) is 16.0 Å². The lowest BCUT2D eigenvalue weighted by atomic mass is 10.1. The normalized spacial score (nSPS) is 11.6. The molecule has 0 spiro atoms. The van der Waals surface area contributed by atoms with E-state index in [1.807, 2.05) is 30.3 Å². The lowest BCUT2D eigenvalue weighted by Crippen LogP contribution is -2.47. The molecule has 0 unspecified atom stereocenters. The number of carbonyl (C=O) groups is 2. The number of benzene rings is 1. The fourth-order valence-electron chi connectivity index (χ4n) is 4.52. The second-order valence-electron chi connectivity index (χ2n) is 10.7. The molecular weight excluding hydrogens is 520 g/mol. The Morgan fingerprint density at radius 2 is 1.40 bits per heavy atom. The van der Waals surface area contributed by atoms with Gasteiger partial charge in [0.25, 0.3) is 0 Å². The van der Waals surface area contributed by atoms with Gasteiger partial charge in [-0.2, -0.15) is 0 Å². The van der Waals surface area contributed by atoms with Gasteiger partial charge in [0.2, 0.25) is 5.91 Å². The van der Waals surface area contributed by atoms with Crippen LogP contribution in [0.1, 0.15) is 122 Å². The lowest BCUT2D eigenvalue weighted by molar-refractivity contribution is -0.123. The standard InChI is InChI=1S/C32H56N4O3S/c1-2-3-4-5-6-7-8-9-10-11-15-23-30(40)34-25-18-16-22-29(31(37)35-26-19-17-24-33)36-32(38)39-27-28-20-13-12-14-21-28/h12-14,20-21,29H,2-11,15-19,22-27,33H2,1H3,(H,34,40)(H,35,37)(H,36,38)/t29-/m0/s1. The molecule has 0 aliphatic heterocycles. The Bertz CT molecular complexity index is 779. The Balaban J connectivity index is 2.20. The number of unbranched alkanes of at least 4 members (excludes halogenated alkanes) is 12. The van der Waals surface area contributed by atoms with Crippen molar-refractivity contribution < 1.29 is 14.3 Å². The molecule has 0 radical (unpaired) electrons. The lowest BCUT2D eigenvalue weighted by Gasteiger charge is -2.18. The summed E-state index contributed by atoms with van der Waals surface area (Å²) in [5.41, 5.74) is 6.44. The molecular formula is C32H56N4O3S. The van der Waals surface area contributed by atoms with Crippen molar-refractivity contribution in [3.8, 4) is 0 Å². The maximum atomic E-state index is 12.7. The predicted octanol–water partition coefficient (Wildman–Crippen LogP) is 6.92.